The van der Waals surface area contributed by atoms with Crippen LogP contribution in [0.5, 0.6) is 11.5 Å². The van der Waals surface area contributed by atoms with Crippen molar-refractivity contribution in [1.29, 1.82) is 0 Å². The van der Waals surface area contributed by atoms with E-state index in [1.54, 1.807) is 33.0 Å². The number of aryl methyl sites for hydroxylation is 2. The summed E-state index contributed by atoms with van der Waals surface area (Å²) in [5.74, 6) is 1.15. The molecule has 1 aliphatic rings. The maximum absolute atomic E-state index is 13.0. The lowest BCUT2D eigenvalue weighted by Gasteiger charge is -2.32. The van der Waals surface area contributed by atoms with Crippen molar-refractivity contribution in [2.75, 3.05) is 33.0 Å². The van der Waals surface area contributed by atoms with Crippen LogP contribution in [0.25, 0.3) is 10.9 Å². The van der Waals surface area contributed by atoms with Crippen molar-refractivity contribution in [1.82, 2.24) is 14.9 Å². The lowest BCUT2D eigenvalue weighted by Crippen LogP contribution is -2.41. The number of benzene rings is 1. The van der Waals surface area contributed by atoms with Crippen molar-refractivity contribution in [3.63, 3.8) is 0 Å². The van der Waals surface area contributed by atoms with Crippen LogP contribution in [0.2, 0.25) is 0 Å². The number of amides is 1. The molecule has 4 rings (SSSR count). The minimum Gasteiger partial charge on any atom is -0.493 e. The lowest BCUT2D eigenvalue weighted by atomic mass is 9.91. The molecule has 32 heavy (non-hydrogen) atoms. The van der Waals surface area contributed by atoms with Gasteiger partial charge in [-0.15, -0.1) is 0 Å². The number of nitrogens with two attached hydrogens (primary N) is 1. The number of carbonyl (C=O) groups is 1. The Morgan fingerprint density at radius 1 is 1.09 bits per heavy atom. The number of hydrogen-bond donors (Lipinski definition) is 2. The molecule has 0 bridgehead atoms. The van der Waals surface area contributed by atoms with Crippen molar-refractivity contribution >= 4 is 22.5 Å². The van der Waals surface area contributed by atoms with Crippen LogP contribution < -0.4 is 20.8 Å². The summed E-state index contributed by atoms with van der Waals surface area (Å²) in [7, 11) is 3.19. The molecular formula is C24H28N4O4. The average molecular weight is 437 g/mol. The molecule has 1 aromatic carbocycles. The first kappa shape index (κ1) is 21.7. The number of hydrogen-bond acceptors (Lipinski definition) is 6. The first-order chi connectivity index (χ1) is 15.3. The maximum Gasteiger partial charge on any atom is 0.261 e. The van der Waals surface area contributed by atoms with Gasteiger partial charge >= 0.3 is 0 Å². The van der Waals surface area contributed by atoms with Crippen molar-refractivity contribution in [3.05, 3.63) is 57.1 Å². The van der Waals surface area contributed by atoms with E-state index in [1.165, 1.54) is 0 Å². The van der Waals surface area contributed by atoms with Gasteiger partial charge in [-0.3, -0.25) is 14.6 Å². The van der Waals surface area contributed by atoms with Crippen LogP contribution in [0.1, 0.15) is 46.1 Å². The van der Waals surface area contributed by atoms with E-state index in [0.29, 0.717) is 35.8 Å². The fourth-order valence-electron chi connectivity index (χ4n) is 4.49. The van der Waals surface area contributed by atoms with E-state index in [1.807, 2.05) is 24.3 Å². The molecule has 8 heteroatoms. The van der Waals surface area contributed by atoms with E-state index in [2.05, 4.69) is 4.98 Å². The smallest absolute Gasteiger partial charge is 0.261 e. The summed E-state index contributed by atoms with van der Waals surface area (Å²) >= 11 is 0. The number of aromatic amines is 1. The molecule has 0 aliphatic carbocycles. The Morgan fingerprint density at radius 3 is 2.38 bits per heavy atom. The van der Waals surface area contributed by atoms with Crippen molar-refractivity contribution in [2.45, 2.75) is 32.6 Å². The highest BCUT2D eigenvalue weighted by Crippen LogP contribution is 2.36. The van der Waals surface area contributed by atoms with Gasteiger partial charge in [0, 0.05) is 36.2 Å². The summed E-state index contributed by atoms with van der Waals surface area (Å²) in [6.45, 7) is 4.69. The summed E-state index contributed by atoms with van der Waals surface area (Å²) < 4.78 is 10.8. The number of carbonyl (C=O) groups excluding carboxylic acids is 1. The van der Waals surface area contributed by atoms with Crippen LogP contribution in [-0.4, -0.2) is 48.1 Å². The number of nitrogen functional groups attached to an aromatic ring is 1. The van der Waals surface area contributed by atoms with Crippen LogP contribution in [-0.2, 0) is 0 Å². The number of nitrogens with one attached hydrogen (secondary N) is 1. The number of rotatable bonds is 4. The first-order valence-corrected chi connectivity index (χ1v) is 10.6. The Bertz CT molecular complexity index is 1240. The number of piperidine rings is 1. The first-order valence-electron chi connectivity index (χ1n) is 10.6. The minimum absolute atomic E-state index is 0.133. The fourth-order valence-corrected chi connectivity index (χ4v) is 4.49. The molecule has 1 saturated heterocycles. The van der Waals surface area contributed by atoms with E-state index in [0.717, 1.165) is 35.1 Å². The Kier molecular flexibility index (Phi) is 5.78. The molecule has 3 heterocycles. The summed E-state index contributed by atoms with van der Waals surface area (Å²) in [6, 6.07) is 7.45. The number of methoxy groups -OCH3 is 2. The summed E-state index contributed by atoms with van der Waals surface area (Å²) in [6.07, 6.45) is 1.45. The minimum atomic E-state index is -0.334. The van der Waals surface area contributed by atoms with Gasteiger partial charge in [0.15, 0.2) is 11.5 Å². The molecule has 3 aromatic rings. The highest BCUT2D eigenvalue weighted by Gasteiger charge is 2.28. The monoisotopic (exact) mass is 436 g/mol. The number of anilines is 1. The van der Waals surface area contributed by atoms with Crippen LogP contribution in [0.15, 0.2) is 29.1 Å². The zero-order valence-corrected chi connectivity index (χ0v) is 18.8. The summed E-state index contributed by atoms with van der Waals surface area (Å²) in [5, 5.41) is 0.880. The highest BCUT2D eigenvalue weighted by molar-refractivity contribution is 5.95. The second-order valence-electron chi connectivity index (χ2n) is 8.27. The molecule has 8 nitrogen and oxygen atoms in total. The molecule has 1 fully saturated rings. The Hall–Kier alpha value is -3.55. The summed E-state index contributed by atoms with van der Waals surface area (Å²) in [5.41, 5.74) is 9.93. The number of fused-ring (bicyclic) bond motifs is 1. The zero-order valence-electron chi connectivity index (χ0n) is 18.8. The number of H-pyrrole nitrogens is 1. The SMILES string of the molecule is COc1cc2cc(N)c(C3CCN(C(=O)c4c(C)cc(C)[nH]c4=O)CC3)nc2cc1OC. The second kappa shape index (κ2) is 8.53. The summed E-state index contributed by atoms with van der Waals surface area (Å²) in [4.78, 5) is 34.7. The number of ether oxygens (including phenoxy) is 2. The molecule has 0 unspecified atom stereocenters. The highest BCUT2D eigenvalue weighted by atomic mass is 16.5. The molecule has 3 N–H and O–H groups in total. The third-order valence-corrected chi connectivity index (χ3v) is 6.13. The largest absolute Gasteiger partial charge is 0.493 e. The van der Waals surface area contributed by atoms with Crippen molar-refractivity contribution in [2.24, 2.45) is 0 Å². The van der Waals surface area contributed by atoms with Crippen LogP contribution in [0.4, 0.5) is 5.69 Å². The Morgan fingerprint density at radius 2 is 1.75 bits per heavy atom. The van der Waals surface area contributed by atoms with Gasteiger partial charge < -0.3 is 25.1 Å². The molecule has 2 aromatic heterocycles. The average Bonchev–Trinajstić information content (AvgIpc) is 2.77. The molecule has 1 aliphatic heterocycles. The van der Waals surface area contributed by atoms with Gasteiger partial charge in [0.25, 0.3) is 11.5 Å². The quantitative estimate of drug-likeness (QED) is 0.650. The van der Waals surface area contributed by atoms with Gasteiger partial charge in [-0.25, -0.2) is 0 Å². The normalized spacial score (nSPS) is 14.6. The predicted octanol–water partition coefficient (Wildman–Crippen LogP) is 3.16. The van der Waals surface area contributed by atoms with Crippen LogP contribution in [0, 0.1) is 13.8 Å². The third kappa shape index (κ3) is 3.88. The Balaban J connectivity index is 1.56. The molecule has 0 radical (unpaired) electrons. The van der Waals surface area contributed by atoms with Gasteiger partial charge in [-0.1, -0.05) is 0 Å². The number of aromatic nitrogens is 2. The van der Waals surface area contributed by atoms with Crippen molar-refractivity contribution < 1.29 is 14.3 Å². The second-order valence-corrected chi connectivity index (χ2v) is 8.27. The van der Waals surface area contributed by atoms with E-state index in [9.17, 15) is 9.59 Å². The standard InChI is InChI=1S/C24H28N4O4/c1-13-9-14(2)26-23(29)21(13)24(30)28-7-5-15(6-8-28)22-17(25)10-16-11-19(31-3)20(32-4)12-18(16)27-22/h9-12,15H,5-8,25H2,1-4H3,(H,26,29). The van der Waals surface area contributed by atoms with Gasteiger partial charge in [-0.2, -0.15) is 0 Å². The third-order valence-electron chi connectivity index (χ3n) is 6.13. The fraction of sp³-hybridized carbons (Fsp3) is 0.375. The zero-order chi connectivity index (χ0) is 23.0. The molecule has 1 amide bonds. The molecular weight excluding hydrogens is 408 g/mol. The van der Waals surface area contributed by atoms with E-state index < -0.39 is 0 Å². The van der Waals surface area contributed by atoms with Gasteiger partial charge in [0.1, 0.15) is 5.56 Å². The lowest BCUT2D eigenvalue weighted by molar-refractivity contribution is 0.0709. The Labute approximate surface area is 186 Å². The predicted molar refractivity (Wildman–Crippen MR) is 124 cm³/mol. The van der Waals surface area contributed by atoms with Crippen LogP contribution in [0.3, 0.4) is 0 Å². The maximum atomic E-state index is 13.0. The molecule has 0 spiro atoms. The molecule has 0 saturated carbocycles. The molecule has 168 valence electrons. The van der Waals surface area contributed by atoms with Gasteiger partial charge in [-0.05, 0) is 50.5 Å². The topological polar surface area (TPSA) is 111 Å². The number of nitrogens with zero attached hydrogens (tertiary/aromatic N) is 2. The van der Waals surface area contributed by atoms with E-state index >= 15 is 0 Å². The van der Waals surface area contributed by atoms with E-state index in [-0.39, 0.29) is 22.9 Å². The van der Waals surface area contributed by atoms with Gasteiger partial charge in [0.05, 0.1) is 31.1 Å². The number of likely N-dealkylation sites (tertiary alicyclic amines) is 1. The van der Waals surface area contributed by atoms with E-state index in [4.69, 9.17) is 20.2 Å². The van der Waals surface area contributed by atoms with Crippen molar-refractivity contribution in [3.8, 4) is 11.5 Å². The van der Waals surface area contributed by atoms with Gasteiger partial charge in [0.2, 0.25) is 0 Å². The number of pyridine rings is 2. The van der Waals surface area contributed by atoms with Crippen LogP contribution >= 0.6 is 0 Å². The molecule has 0 atom stereocenters.